The average Bonchev–Trinajstić information content (AvgIpc) is 3.11. The molecular weight excluding hydrogens is 499 g/mol. The lowest BCUT2D eigenvalue weighted by Crippen LogP contribution is -2.38. The van der Waals surface area contributed by atoms with Crippen LogP contribution in [0.1, 0.15) is 103 Å². The number of carbonyl (C=O) groups is 1. The fraction of sp³-hybridized carbons (Fsp3) is 0.962. The molecule has 0 bridgehead atoms. The van der Waals surface area contributed by atoms with Crippen LogP contribution in [0.4, 0.5) is 0 Å². The summed E-state index contributed by atoms with van der Waals surface area (Å²) in [4.78, 5) is 21.9. The Morgan fingerprint density at radius 3 is 2.00 bits per heavy atom. The van der Waals surface area contributed by atoms with Gasteiger partial charge in [0.25, 0.3) is 0 Å². The molecule has 1 aliphatic heterocycles. The molecule has 1 saturated heterocycles. The maximum Gasteiger partial charge on any atom is 0.330 e. The van der Waals surface area contributed by atoms with Crippen molar-refractivity contribution in [2.24, 2.45) is 0 Å². The van der Waals surface area contributed by atoms with Gasteiger partial charge in [-0.2, -0.15) is 0 Å². The van der Waals surface area contributed by atoms with Crippen molar-refractivity contribution in [2.75, 3.05) is 25.9 Å². The highest BCUT2D eigenvalue weighted by atomic mass is 31.2. The molecule has 10 nitrogen and oxygen atoms in total. The first kappa shape index (κ1) is 34.4. The predicted molar refractivity (Wildman–Crippen MR) is 144 cm³/mol. The normalized spacial score (nSPS) is 24.2. The Hall–Kier alpha value is -0.580. The molecule has 1 amide bonds. The molecule has 1 rings (SSSR count). The van der Waals surface area contributed by atoms with E-state index in [-0.39, 0.29) is 25.5 Å². The van der Waals surface area contributed by atoms with Crippen molar-refractivity contribution in [3.63, 3.8) is 0 Å². The lowest BCUT2D eigenvalue weighted by molar-refractivity contribution is -0.121. The monoisotopic (exact) mass is 552 g/mol. The molecule has 0 spiro atoms. The molecule has 1 unspecified atom stereocenters. The highest BCUT2D eigenvalue weighted by molar-refractivity contribution is 7.52. The molecule has 0 aromatic rings. The first-order chi connectivity index (χ1) is 17.7. The summed E-state index contributed by atoms with van der Waals surface area (Å²) in [5.74, 6) is -0.0272. The smallest absolute Gasteiger partial charge is 0.330 e. The van der Waals surface area contributed by atoms with Crippen LogP contribution in [0.25, 0.3) is 0 Å². The first-order valence-corrected chi connectivity index (χ1v) is 16.1. The van der Waals surface area contributed by atoms with E-state index in [1.54, 1.807) is 0 Å². The summed E-state index contributed by atoms with van der Waals surface area (Å²) < 4.78 is 17.3. The minimum Gasteiger partial charge on any atom is -0.395 e. The Morgan fingerprint density at radius 2 is 1.46 bits per heavy atom. The van der Waals surface area contributed by atoms with E-state index in [4.69, 9.17) is 9.63 Å². The molecule has 1 heterocycles. The number of aliphatic hydroxyl groups is 4. The van der Waals surface area contributed by atoms with Crippen LogP contribution >= 0.6 is 7.60 Å². The van der Waals surface area contributed by atoms with E-state index in [0.29, 0.717) is 19.4 Å². The van der Waals surface area contributed by atoms with Crippen molar-refractivity contribution in [1.82, 2.24) is 10.6 Å². The summed E-state index contributed by atoms with van der Waals surface area (Å²) in [6, 6.07) is -1.42. The summed E-state index contributed by atoms with van der Waals surface area (Å²) >= 11 is 0. The Kier molecular flexibility index (Phi) is 18.9. The molecular formula is C26H53N2O8P. The minimum atomic E-state index is -4.05. The van der Waals surface area contributed by atoms with Crippen LogP contribution in [0.3, 0.4) is 0 Å². The molecule has 6 atom stereocenters. The lowest BCUT2D eigenvalue weighted by atomic mass is 10.0. The molecule has 7 N–H and O–H groups in total. The lowest BCUT2D eigenvalue weighted by Gasteiger charge is -2.21. The van der Waals surface area contributed by atoms with Crippen LogP contribution in [0, 0.1) is 0 Å². The minimum absolute atomic E-state index is 0.0272. The summed E-state index contributed by atoms with van der Waals surface area (Å²) in [7, 11) is -4.05. The third kappa shape index (κ3) is 16.2. The van der Waals surface area contributed by atoms with Gasteiger partial charge in [-0.15, -0.1) is 0 Å². The second kappa shape index (κ2) is 20.3. The summed E-state index contributed by atoms with van der Waals surface area (Å²) in [6.45, 7) is 2.18. The van der Waals surface area contributed by atoms with Gasteiger partial charge in [0.2, 0.25) is 5.91 Å². The van der Waals surface area contributed by atoms with Crippen LogP contribution in [0.2, 0.25) is 0 Å². The van der Waals surface area contributed by atoms with Gasteiger partial charge >= 0.3 is 7.60 Å². The molecule has 37 heavy (non-hydrogen) atoms. The quantitative estimate of drug-likeness (QED) is 0.0744. The van der Waals surface area contributed by atoms with E-state index in [2.05, 4.69) is 17.6 Å². The topological polar surface area (TPSA) is 169 Å². The number of amides is 1. The zero-order chi connectivity index (χ0) is 27.5. The van der Waals surface area contributed by atoms with E-state index < -0.39 is 44.2 Å². The van der Waals surface area contributed by atoms with E-state index in [0.717, 1.165) is 19.3 Å². The Balaban J connectivity index is 2.00. The first-order valence-electron chi connectivity index (χ1n) is 14.3. The maximum atomic E-state index is 12.2. The number of hydrogen-bond donors (Lipinski definition) is 7. The van der Waals surface area contributed by atoms with Gasteiger partial charge in [0.15, 0.2) is 0 Å². The van der Waals surface area contributed by atoms with Gasteiger partial charge in [-0.05, 0) is 19.3 Å². The molecule has 0 aliphatic carbocycles. The van der Waals surface area contributed by atoms with Gasteiger partial charge in [0.05, 0.1) is 43.7 Å². The largest absolute Gasteiger partial charge is 0.395 e. The number of unbranched alkanes of at least 4 members (excludes halogenated alkanes) is 11. The van der Waals surface area contributed by atoms with Crippen LogP contribution in [0.5, 0.6) is 0 Å². The highest BCUT2D eigenvalue weighted by Gasteiger charge is 2.41. The van der Waals surface area contributed by atoms with Crippen molar-refractivity contribution in [3.05, 3.63) is 0 Å². The van der Waals surface area contributed by atoms with Crippen LogP contribution in [-0.4, -0.2) is 87.5 Å². The molecule has 1 aliphatic rings. The number of hydrogen-bond acceptors (Lipinski definition) is 8. The maximum absolute atomic E-state index is 12.2. The fourth-order valence-corrected chi connectivity index (χ4v) is 5.93. The van der Waals surface area contributed by atoms with Crippen molar-refractivity contribution in [3.8, 4) is 0 Å². The summed E-state index contributed by atoms with van der Waals surface area (Å²) in [5, 5.41) is 44.7. The van der Waals surface area contributed by atoms with Gasteiger partial charge in [-0.25, -0.2) is 0 Å². The Bertz CT molecular complexity index is 642. The van der Waals surface area contributed by atoms with E-state index in [1.165, 1.54) is 57.8 Å². The number of rotatable bonds is 23. The van der Waals surface area contributed by atoms with Crippen molar-refractivity contribution >= 4 is 13.5 Å². The zero-order valence-electron chi connectivity index (χ0n) is 22.7. The average molecular weight is 553 g/mol. The second-order valence-electron chi connectivity index (χ2n) is 10.4. The van der Waals surface area contributed by atoms with Gasteiger partial charge in [-0.3, -0.25) is 9.36 Å². The summed E-state index contributed by atoms with van der Waals surface area (Å²) in [6.07, 6.45) is 11.6. The second-order valence-corrected chi connectivity index (χ2v) is 12.3. The Labute approximate surface area is 223 Å². The van der Waals surface area contributed by atoms with Crippen molar-refractivity contribution < 1.29 is 39.2 Å². The molecule has 1 fully saturated rings. The molecule has 0 saturated carbocycles. The molecule has 0 aromatic heterocycles. The number of carbonyl (C=O) groups excluding carboxylic acids is 1. The van der Waals surface area contributed by atoms with Gasteiger partial charge in [0.1, 0.15) is 0 Å². The van der Waals surface area contributed by atoms with E-state index >= 15 is 0 Å². The molecule has 0 aromatic carbocycles. The standard InChI is InChI=1S/C26H53N2O8P/c1-2-3-4-5-6-7-8-9-10-11-12-13-15-24(31)27-16-14-17-36-37(34,35)20-21(30)18-22-25(32)26(33)23(19-29)28-22/h21-23,25-26,28-30,32-33H,2-20H2,1H3,(H,27,31)(H,34,35)/t21-,22-,23-,25-,26-/m1/s1. The van der Waals surface area contributed by atoms with Gasteiger partial charge < -0.3 is 40.5 Å². The molecule has 220 valence electrons. The molecule has 11 heteroatoms. The van der Waals surface area contributed by atoms with E-state index in [9.17, 15) is 29.6 Å². The SMILES string of the molecule is CCCCCCCCCCCCCCC(=O)NCCCOP(=O)(O)C[C@H](O)C[C@H]1N[C@H](CO)[C@@H](O)[C@@H]1O. The van der Waals surface area contributed by atoms with E-state index in [1.807, 2.05) is 0 Å². The van der Waals surface area contributed by atoms with Gasteiger partial charge in [0, 0.05) is 19.0 Å². The third-order valence-electron chi connectivity index (χ3n) is 6.96. The number of aliphatic hydroxyl groups excluding tert-OH is 4. The van der Waals surface area contributed by atoms with Crippen LogP contribution in [0.15, 0.2) is 0 Å². The third-order valence-corrected chi connectivity index (χ3v) is 8.43. The summed E-state index contributed by atoms with van der Waals surface area (Å²) in [5.41, 5.74) is 0. The highest BCUT2D eigenvalue weighted by Crippen LogP contribution is 2.43. The predicted octanol–water partition coefficient (Wildman–Crippen LogP) is 2.59. The molecule has 0 radical (unpaired) electrons. The van der Waals surface area contributed by atoms with Crippen molar-refractivity contribution in [1.29, 1.82) is 0 Å². The Morgan fingerprint density at radius 1 is 0.919 bits per heavy atom. The van der Waals surface area contributed by atoms with Crippen LogP contribution < -0.4 is 10.6 Å². The zero-order valence-corrected chi connectivity index (χ0v) is 23.6. The van der Waals surface area contributed by atoms with Gasteiger partial charge in [-0.1, -0.05) is 77.6 Å². The van der Waals surface area contributed by atoms with Crippen molar-refractivity contribution in [2.45, 2.75) is 134 Å². The van der Waals surface area contributed by atoms with Crippen LogP contribution in [-0.2, 0) is 13.9 Å². The number of nitrogens with one attached hydrogen (secondary N) is 2. The fourth-order valence-electron chi connectivity index (χ4n) is 4.73.